The van der Waals surface area contributed by atoms with Crippen LogP contribution in [-0.2, 0) is 4.79 Å². The lowest BCUT2D eigenvalue weighted by atomic mass is 9.93. The number of hydrogen-bond donors (Lipinski definition) is 3. The van der Waals surface area contributed by atoms with E-state index in [9.17, 15) is 14.7 Å². The van der Waals surface area contributed by atoms with Crippen molar-refractivity contribution >= 4 is 17.6 Å². The molecular formula is C15H20N2O4. The third-order valence-electron chi connectivity index (χ3n) is 3.99. The maximum atomic E-state index is 12.5. The molecule has 1 amide bonds. The predicted octanol–water partition coefficient (Wildman–Crippen LogP) is 1.86. The van der Waals surface area contributed by atoms with Gasteiger partial charge >= 0.3 is 5.97 Å². The summed E-state index contributed by atoms with van der Waals surface area (Å²) in [4.78, 5) is 23.8. The van der Waals surface area contributed by atoms with E-state index in [2.05, 4.69) is 10.6 Å². The molecule has 0 bridgehead atoms. The van der Waals surface area contributed by atoms with E-state index in [1.807, 2.05) is 6.92 Å². The number of nitrogens with one attached hydrogen (secondary N) is 2. The van der Waals surface area contributed by atoms with E-state index in [0.29, 0.717) is 12.2 Å². The normalized spacial score (nSPS) is 21.0. The van der Waals surface area contributed by atoms with Crippen LogP contribution in [0.15, 0.2) is 18.2 Å². The fourth-order valence-corrected chi connectivity index (χ4v) is 2.64. The summed E-state index contributed by atoms with van der Waals surface area (Å²) in [5.41, 5.74) is -0.305. The summed E-state index contributed by atoms with van der Waals surface area (Å²) >= 11 is 0. The van der Waals surface area contributed by atoms with Crippen LogP contribution in [0.2, 0.25) is 0 Å². The predicted molar refractivity (Wildman–Crippen MR) is 78.8 cm³/mol. The van der Waals surface area contributed by atoms with Gasteiger partial charge in [0.2, 0.25) is 5.91 Å². The zero-order valence-corrected chi connectivity index (χ0v) is 12.2. The van der Waals surface area contributed by atoms with Gasteiger partial charge in [0.1, 0.15) is 5.75 Å². The summed E-state index contributed by atoms with van der Waals surface area (Å²) in [5.74, 6) is -0.781. The second kappa shape index (κ2) is 6.13. The molecule has 1 aliphatic rings. The van der Waals surface area contributed by atoms with Gasteiger partial charge in [-0.3, -0.25) is 4.79 Å². The number of carbonyl (C=O) groups is 2. The third kappa shape index (κ3) is 3.00. The highest BCUT2D eigenvalue weighted by Crippen LogP contribution is 2.28. The third-order valence-corrected chi connectivity index (χ3v) is 3.99. The molecule has 21 heavy (non-hydrogen) atoms. The van der Waals surface area contributed by atoms with Crippen molar-refractivity contribution in [1.29, 1.82) is 0 Å². The summed E-state index contributed by atoms with van der Waals surface area (Å²) in [6.07, 6.45) is 2.35. The first-order valence-corrected chi connectivity index (χ1v) is 7.00. The topological polar surface area (TPSA) is 87.7 Å². The Hall–Kier alpha value is -2.08. The van der Waals surface area contributed by atoms with Gasteiger partial charge in [0.05, 0.1) is 23.9 Å². The Bertz CT molecular complexity index is 551. The minimum absolute atomic E-state index is 0.0494. The molecule has 0 aromatic heterocycles. The second-order valence-electron chi connectivity index (χ2n) is 5.14. The number of rotatable bonds is 5. The van der Waals surface area contributed by atoms with Crippen molar-refractivity contribution in [2.45, 2.75) is 31.7 Å². The van der Waals surface area contributed by atoms with E-state index in [1.54, 1.807) is 6.07 Å². The average Bonchev–Trinajstić information content (AvgIpc) is 2.97. The van der Waals surface area contributed by atoms with Gasteiger partial charge in [0, 0.05) is 6.07 Å². The Balaban J connectivity index is 2.29. The Kier molecular flexibility index (Phi) is 4.47. The van der Waals surface area contributed by atoms with E-state index in [1.165, 1.54) is 19.2 Å². The monoisotopic (exact) mass is 292 g/mol. The van der Waals surface area contributed by atoms with Crippen molar-refractivity contribution in [1.82, 2.24) is 5.32 Å². The summed E-state index contributed by atoms with van der Waals surface area (Å²) < 4.78 is 5.09. The van der Waals surface area contributed by atoms with Gasteiger partial charge in [0.25, 0.3) is 0 Å². The van der Waals surface area contributed by atoms with Gasteiger partial charge < -0.3 is 20.5 Å². The van der Waals surface area contributed by atoms with Crippen LogP contribution in [0.4, 0.5) is 5.69 Å². The van der Waals surface area contributed by atoms with E-state index in [0.717, 1.165) is 19.4 Å². The molecule has 1 heterocycles. The maximum absolute atomic E-state index is 12.5. The van der Waals surface area contributed by atoms with E-state index < -0.39 is 11.5 Å². The number of anilines is 1. The molecule has 0 aliphatic carbocycles. The highest BCUT2D eigenvalue weighted by molar-refractivity contribution is 6.04. The minimum atomic E-state index is -1.09. The minimum Gasteiger partial charge on any atom is -0.497 e. The maximum Gasteiger partial charge on any atom is 0.337 e. The lowest BCUT2D eigenvalue weighted by Gasteiger charge is -2.27. The number of aromatic carboxylic acids is 1. The molecule has 1 atom stereocenters. The van der Waals surface area contributed by atoms with Crippen molar-refractivity contribution < 1.29 is 19.4 Å². The number of carboxylic acid groups (broad SMARTS) is 1. The van der Waals surface area contributed by atoms with Gasteiger partial charge in [-0.2, -0.15) is 0 Å². The lowest BCUT2D eigenvalue weighted by molar-refractivity contribution is -0.122. The molecule has 0 saturated carbocycles. The molecule has 1 saturated heterocycles. The molecular weight excluding hydrogens is 272 g/mol. The molecule has 1 aromatic carbocycles. The molecule has 1 aromatic rings. The average molecular weight is 292 g/mol. The summed E-state index contributed by atoms with van der Waals surface area (Å²) in [6.45, 7) is 2.74. The number of carbonyl (C=O) groups excluding carboxylic acids is 1. The molecule has 2 rings (SSSR count). The molecule has 114 valence electrons. The van der Waals surface area contributed by atoms with Crippen LogP contribution in [0.1, 0.15) is 36.5 Å². The van der Waals surface area contributed by atoms with E-state index in [-0.39, 0.29) is 17.2 Å². The van der Waals surface area contributed by atoms with Crippen LogP contribution >= 0.6 is 0 Å². The van der Waals surface area contributed by atoms with E-state index >= 15 is 0 Å². The number of benzene rings is 1. The largest absolute Gasteiger partial charge is 0.497 e. The fourth-order valence-electron chi connectivity index (χ4n) is 2.64. The SMILES string of the molecule is CCC1(C(=O)Nc2cc(OC)ccc2C(=O)O)CCCN1. The Morgan fingerprint density at radius 1 is 1.48 bits per heavy atom. The van der Waals surface area contributed by atoms with Crippen LogP contribution < -0.4 is 15.4 Å². The Labute approximate surface area is 123 Å². The standard InChI is InChI=1S/C15H20N2O4/c1-3-15(7-4-8-16-15)14(20)17-12-9-10(21-2)5-6-11(12)13(18)19/h5-6,9,16H,3-4,7-8H2,1-2H3,(H,17,20)(H,18,19). The first-order chi connectivity index (χ1) is 10.0. The van der Waals surface area contributed by atoms with Crippen LogP contribution in [-0.4, -0.2) is 36.2 Å². The van der Waals surface area contributed by atoms with Gasteiger partial charge in [-0.15, -0.1) is 0 Å². The zero-order valence-electron chi connectivity index (χ0n) is 12.2. The molecule has 6 heteroatoms. The summed E-state index contributed by atoms with van der Waals surface area (Å²) in [7, 11) is 1.49. The number of amides is 1. The van der Waals surface area contributed by atoms with Gasteiger partial charge in [-0.1, -0.05) is 6.92 Å². The second-order valence-corrected chi connectivity index (χ2v) is 5.14. The zero-order chi connectivity index (χ0) is 15.5. The first kappa shape index (κ1) is 15.3. The number of ether oxygens (including phenoxy) is 1. The highest BCUT2D eigenvalue weighted by atomic mass is 16.5. The van der Waals surface area contributed by atoms with E-state index in [4.69, 9.17) is 4.74 Å². The summed E-state index contributed by atoms with van der Waals surface area (Å²) in [6, 6.07) is 4.51. The molecule has 1 aliphatic heterocycles. The van der Waals surface area contributed by atoms with Crippen molar-refractivity contribution in [3.8, 4) is 5.75 Å². The van der Waals surface area contributed by atoms with Crippen molar-refractivity contribution in [3.05, 3.63) is 23.8 Å². The van der Waals surface area contributed by atoms with Gasteiger partial charge in [-0.05, 0) is 37.9 Å². The van der Waals surface area contributed by atoms with Gasteiger partial charge in [0.15, 0.2) is 0 Å². The molecule has 0 spiro atoms. The fraction of sp³-hybridized carbons (Fsp3) is 0.467. The van der Waals surface area contributed by atoms with Crippen LogP contribution in [0.3, 0.4) is 0 Å². The molecule has 1 unspecified atom stereocenters. The smallest absolute Gasteiger partial charge is 0.337 e. The molecule has 1 fully saturated rings. The van der Waals surface area contributed by atoms with Crippen molar-refractivity contribution in [2.75, 3.05) is 19.0 Å². The van der Waals surface area contributed by atoms with Gasteiger partial charge in [-0.25, -0.2) is 4.79 Å². The molecule has 0 radical (unpaired) electrons. The lowest BCUT2D eigenvalue weighted by Crippen LogP contribution is -2.50. The molecule has 3 N–H and O–H groups in total. The van der Waals surface area contributed by atoms with Crippen LogP contribution in [0, 0.1) is 0 Å². The summed E-state index contributed by atoms with van der Waals surface area (Å²) in [5, 5.41) is 15.2. The van der Waals surface area contributed by atoms with Crippen molar-refractivity contribution in [3.63, 3.8) is 0 Å². The van der Waals surface area contributed by atoms with Crippen molar-refractivity contribution in [2.24, 2.45) is 0 Å². The Morgan fingerprint density at radius 2 is 2.24 bits per heavy atom. The highest BCUT2D eigenvalue weighted by Gasteiger charge is 2.39. The van der Waals surface area contributed by atoms with Crippen LogP contribution in [0.5, 0.6) is 5.75 Å². The quantitative estimate of drug-likeness (QED) is 0.771. The number of carboxylic acids is 1. The number of hydrogen-bond acceptors (Lipinski definition) is 4. The number of methoxy groups -OCH3 is 1. The Morgan fingerprint density at radius 3 is 2.76 bits per heavy atom. The molecule has 6 nitrogen and oxygen atoms in total. The first-order valence-electron chi connectivity index (χ1n) is 7.00. The van der Waals surface area contributed by atoms with Crippen LogP contribution in [0.25, 0.3) is 0 Å².